The number of methoxy groups -OCH3 is 1. The lowest BCUT2D eigenvalue weighted by Gasteiger charge is -2.18. The number of rotatable bonds is 11. The third-order valence-corrected chi connectivity index (χ3v) is 3.89. The molecule has 0 aliphatic carbocycles. The van der Waals surface area contributed by atoms with Crippen molar-refractivity contribution < 1.29 is 9.84 Å². The molecule has 1 rings (SSSR count). The maximum absolute atomic E-state index is 9.16. The van der Waals surface area contributed by atoms with Crippen molar-refractivity contribution in [2.75, 3.05) is 26.8 Å². The second-order valence-electron chi connectivity index (χ2n) is 5.99. The zero-order chi connectivity index (χ0) is 17.6. The predicted molar refractivity (Wildman–Crippen MR) is 100 cm³/mol. The number of nitrogens with zero attached hydrogens (tertiary/aromatic N) is 1. The summed E-state index contributed by atoms with van der Waals surface area (Å²) < 4.78 is 5.13. The minimum absolute atomic E-state index is 0.244. The number of hydrogen-bond acceptors (Lipinski definition) is 3. The first-order chi connectivity index (χ1) is 11.7. The highest BCUT2D eigenvalue weighted by Crippen LogP contribution is 2.09. The van der Waals surface area contributed by atoms with Gasteiger partial charge in [0.05, 0.1) is 13.2 Å². The van der Waals surface area contributed by atoms with Crippen molar-refractivity contribution in [2.24, 2.45) is 10.9 Å². The Morgan fingerprint density at radius 1 is 1.12 bits per heavy atom. The van der Waals surface area contributed by atoms with Crippen LogP contribution < -0.4 is 10.6 Å². The zero-order valence-corrected chi connectivity index (χ0v) is 15.3. The molecule has 1 aromatic carbocycles. The van der Waals surface area contributed by atoms with Gasteiger partial charge in [-0.15, -0.1) is 0 Å². The van der Waals surface area contributed by atoms with Crippen LogP contribution in [0, 0.1) is 5.92 Å². The average molecular weight is 335 g/mol. The summed E-state index contributed by atoms with van der Waals surface area (Å²) >= 11 is 0. The van der Waals surface area contributed by atoms with E-state index in [0.717, 1.165) is 38.3 Å². The average Bonchev–Trinajstić information content (AvgIpc) is 2.59. The third kappa shape index (κ3) is 8.31. The normalized spacial score (nSPS) is 12.9. The van der Waals surface area contributed by atoms with Gasteiger partial charge in [0.2, 0.25) is 0 Å². The summed E-state index contributed by atoms with van der Waals surface area (Å²) in [5, 5.41) is 15.8. The molecule has 0 aliphatic heterocycles. The standard InChI is InChI=1S/C19H33N3O2/c1-4-6-16(11-12-23)13-21-19(20-5-2)22-14-17-7-9-18(10-8-17)15-24-3/h7-10,16,23H,4-6,11-15H2,1-3H3,(H2,20,21,22). The van der Waals surface area contributed by atoms with Gasteiger partial charge in [0, 0.05) is 26.8 Å². The fourth-order valence-electron chi connectivity index (χ4n) is 2.60. The van der Waals surface area contributed by atoms with E-state index in [1.165, 1.54) is 11.1 Å². The Hall–Kier alpha value is -1.59. The first-order valence-corrected chi connectivity index (χ1v) is 8.93. The summed E-state index contributed by atoms with van der Waals surface area (Å²) in [7, 11) is 1.70. The van der Waals surface area contributed by atoms with E-state index in [2.05, 4.69) is 53.7 Å². The van der Waals surface area contributed by atoms with Crippen molar-refractivity contribution in [1.82, 2.24) is 10.6 Å². The van der Waals surface area contributed by atoms with E-state index in [-0.39, 0.29) is 6.61 Å². The summed E-state index contributed by atoms with van der Waals surface area (Å²) in [6, 6.07) is 8.33. The monoisotopic (exact) mass is 335 g/mol. The first kappa shape index (κ1) is 20.5. The van der Waals surface area contributed by atoms with E-state index in [9.17, 15) is 0 Å². The quantitative estimate of drug-likeness (QED) is 0.430. The summed E-state index contributed by atoms with van der Waals surface area (Å²) in [5.74, 6) is 1.31. The second-order valence-corrected chi connectivity index (χ2v) is 5.99. The van der Waals surface area contributed by atoms with Crippen molar-refractivity contribution >= 4 is 5.96 Å². The number of aliphatic hydroxyl groups excluding tert-OH is 1. The Kier molecular flexibility index (Phi) is 10.9. The summed E-state index contributed by atoms with van der Waals surface area (Å²) in [6.07, 6.45) is 3.09. The fraction of sp³-hybridized carbons (Fsp3) is 0.632. The van der Waals surface area contributed by atoms with E-state index in [1.54, 1.807) is 7.11 Å². The third-order valence-electron chi connectivity index (χ3n) is 3.89. The van der Waals surface area contributed by atoms with E-state index < -0.39 is 0 Å². The molecule has 0 bridgehead atoms. The van der Waals surface area contributed by atoms with Crippen LogP contribution in [-0.2, 0) is 17.9 Å². The molecule has 136 valence electrons. The number of guanidine groups is 1. The van der Waals surface area contributed by atoms with Gasteiger partial charge >= 0.3 is 0 Å². The topological polar surface area (TPSA) is 65.9 Å². The van der Waals surface area contributed by atoms with Crippen LogP contribution in [0.15, 0.2) is 29.3 Å². The highest BCUT2D eigenvalue weighted by Gasteiger charge is 2.08. The van der Waals surface area contributed by atoms with Crippen LogP contribution >= 0.6 is 0 Å². The lowest BCUT2D eigenvalue weighted by atomic mass is 10.0. The van der Waals surface area contributed by atoms with E-state index in [0.29, 0.717) is 19.1 Å². The summed E-state index contributed by atoms with van der Waals surface area (Å²) in [5.41, 5.74) is 2.34. The molecule has 24 heavy (non-hydrogen) atoms. The van der Waals surface area contributed by atoms with Crippen molar-refractivity contribution in [1.29, 1.82) is 0 Å². The van der Waals surface area contributed by atoms with Crippen molar-refractivity contribution in [3.05, 3.63) is 35.4 Å². The van der Waals surface area contributed by atoms with E-state index in [4.69, 9.17) is 9.84 Å². The molecule has 0 amide bonds. The summed E-state index contributed by atoms with van der Waals surface area (Å²) in [4.78, 5) is 4.65. The fourth-order valence-corrected chi connectivity index (χ4v) is 2.60. The SMILES string of the molecule is CCCC(CCO)CNC(=NCc1ccc(COC)cc1)NCC. The molecule has 0 fully saturated rings. The van der Waals surface area contributed by atoms with Crippen LogP contribution in [0.4, 0.5) is 0 Å². The van der Waals surface area contributed by atoms with Gasteiger partial charge in [-0.2, -0.15) is 0 Å². The van der Waals surface area contributed by atoms with Crippen molar-refractivity contribution in [2.45, 2.75) is 46.3 Å². The largest absolute Gasteiger partial charge is 0.396 e. The predicted octanol–water partition coefficient (Wildman–Crippen LogP) is 2.69. The molecule has 0 aliphatic rings. The lowest BCUT2D eigenvalue weighted by molar-refractivity contribution is 0.185. The molecule has 1 atom stereocenters. The minimum Gasteiger partial charge on any atom is -0.396 e. The van der Waals surface area contributed by atoms with Gasteiger partial charge in [-0.1, -0.05) is 37.6 Å². The number of aliphatic imine (C=N–C) groups is 1. The summed E-state index contributed by atoms with van der Waals surface area (Å²) in [6.45, 7) is 7.43. The second kappa shape index (κ2) is 12.8. The zero-order valence-electron chi connectivity index (χ0n) is 15.3. The molecule has 5 heteroatoms. The van der Waals surface area contributed by atoms with Gasteiger partial charge in [-0.25, -0.2) is 4.99 Å². The molecular formula is C19H33N3O2. The van der Waals surface area contributed by atoms with Crippen LogP contribution in [0.25, 0.3) is 0 Å². The first-order valence-electron chi connectivity index (χ1n) is 8.93. The Balaban J connectivity index is 2.57. The van der Waals surface area contributed by atoms with Gasteiger partial charge in [-0.3, -0.25) is 0 Å². The molecule has 0 spiro atoms. The van der Waals surface area contributed by atoms with Crippen LogP contribution in [0.2, 0.25) is 0 Å². The van der Waals surface area contributed by atoms with Crippen LogP contribution in [0.5, 0.6) is 0 Å². The van der Waals surface area contributed by atoms with Gasteiger partial charge in [0.15, 0.2) is 5.96 Å². The van der Waals surface area contributed by atoms with Gasteiger partial charge in [0.1, 0.15) is 0 Å². The molecular weight excluding hydrogens is 302 g/mol. The van der Waals surface area contributed by atoms with Gasteiger partial charge in [-0.05, 0) is 36.8 Å². The number of hydrogen-bond donors (Lipinski definition) is 3. The van der Waals surface area contributed by atoms with E-state index in [1.807, 2.05) is 0 Å². The highest BCUT2D eigenvalue weighted by atomic mass is 16.5. The van der Waals surface area contributed by atoms with Crippen LogP contribution in [0.3, 0.4) is 0 Å². The van der Waals surface area contributed by atoms with Gasteiger partial charge in [0.25, 0.3) is 0 Å². The molecule has 0 aromatic heterocycles. The Bertz CT molecular complexity index is 454. The number of benzene rings is 1. The number of nitrogens with one attached hydrogen (secondary N) is 2. The smallest absolute Gasteiger partial charge is 0.191 e. The van der Waals surface area contributed by atoms with Crippen LogP contribution in [0.1, 0.15) is 44.2 Å². The molecule has 0 radical (unpaired) electrons. The Morgan fingerprint density at radius 3 is 2.42 bits per heavy atom. The van der Waals surface area contributed by atoms with Crippen molar-refractivity contribution in [3.8, 4) is 0 Å². The minimum atomic E-state index is 0.244. The Morgan fingerprint density at radius 2 is 1.83 bits per heavy atom. The lowest BCUT2D eigenvalue weighted by Crippen LogP contribution is -2.40. The molecule has 0 heterocycles. The highest BCUT2D eigenvalue weighted by molar-refractivity contribution is 5.79. The van der Waals surface area contributed by atoms with Gasteiger partial charge < -0.3 is 20.5 Å². The van der Waals surface area contributed by atoms with Crippen molar-refractivity contribution in [3.63, 3.8) is 0 Å². The molecule has 1 aromatic rings. The molecule has 1 unspecified atom stereocenters. The Labute approximate surface area is 146 Å². The van der Waals surface area contributed by atoms with Crippen LogP contribution in [-0.4, -0.2) is 37.9 Å². The number of aliphatic hydroxyl groups is 1. The van der Waals surface area contributed by atoms with E-state index >= 15 is 0 Å². The molecule has 3 N–H and O–H groups in total. The molecule has 0 saturated carbocycles. The maximum Gasteiger partial charge on any atom is 0.191 e. The number of ether oxygens (including phenoxy) is 1. The molecule has 5 nitrogen and oxygen atoms in total. The maximum atomic E-state index is 9.16. The molecule has 0 saturated heterocycles.